The number of ether oxygens (including phenoxy) is 3. The third-order valence-corrected chi connectivity index (χ3v) is 4.00. The maximum Gasteiger partial charge on any atom is 0.188 e. The molecule has 146 valence electrons. The van der Waals surface area contributed by atoms with Crippen LogP contribution < -0.4 is 25.3 Å². The van der Waals surface area contributed by atoms with Gasteiger partial charge in [-0.25, -0.2) is 0 Å². The topological polar surface area (TPSA) is 78.1 Å². The van der Waals surface area contributed by atoms with Crippen LogP contribution in [0.3, 0.4) is 0 Å². The predicted molar refractivity (Wildman–Crippen MR) is 109 cm³/mol. The normalized spacial score (nSPS) is 11.2. The van der Waals surface area contributed by atoms with E-state index < -0.39 is 0 Å². The number of hydrogen-bond donors (Lipinski definition) is 2. The van der Waals surface area contributed by atoms with E-state index in [1.54, 1.807) is 14.2 Å². The first-order valence-electron chi connectivity index (χ1n) is 8.97. The zero-order valence-corrected chi connectivity index (χ0v) is 16.5. The molecule has 0 atom stereocenters. The molecule has 2 rings (SSSR count). The fraction of sp³-hybridized carbons (Fsp3) is 0.381. The Morgan fingerprint density at radius 3 is 2.37 bits per heavy atom. The molecule has 27 heavy (non-hydrogen) atoms. The van der Waals surface area contributed by atoms with E-state index in [-0.39, 0.29) is 0 Å². The summed E-state index contributed by atoms with van der Waals surface area (Å²) >= 11 is 0. The third-order valence-electron chi connectivity index (χ3n) is 4.00. The van der Waals surface area contributed by atoms with Crippen LogP contribution >= 0.6 is 0 Å². The van der Waals surface area contributed by atoms with Gasteiger partial charge in [0.05, 0.1) is 20.8 Å². The average molecular weight is 371 g/mol. The first-order chi connectivity index (χ1) is 13.0. The van der Waals surface area contributed by atoms with E-state index >= 15 is 0 Å². The monoisotopic (exact) mass is 371 g/mol. The van der Waals surface area contributed by atoms with Gasteiger partial charge in [0.2, 0.25) is 0 Å². The van der Waals surface area contributed by atoms with Crippen LogP contribution in [0.5, 0.6) is 17.2 Å². The highest BCUT2D eigenvalue weighted by Crippen LogP contribution is 2.27. The van der Waals surface area contributed by atoms with Crippen LogP contribution in [0.25, 0.3) is 0 Å². The summed E-state index contributed by atoms with van der Waals surface area (Å²) in [6.45, 7) is 5.82. The van der Waals surface area contributed by atoms with E-state index in [4.69, 9.17) is 19.9 Å². The summed E-state index contributed by atoms with van der Waals surface area (Å²) in [6, 6.07) is 12.0. The fourth-order valence-corrected chi connectivity index (χ4v) is 2.76. The first-order valence-corrected chi connectivity index (χ1v) is 8.97. The highest BCUT2D eigenvalue weighted by molar-refractivity contribution is 5.77. The number of rotatable bonds is 9. The van der Waals surface area contributed by atoms with Gasteiger partial charge in [0.15, 0.2) is 17.5 Å². The summed E-state index contributed by atoms with van der Waals surface area (Å²) in [7, 11) is 3.25. The largest absolute Gasteiger partial charge is 0.493 e. The summed E-state index contributed by atoms with van der Waals surface area (Å²) in [4.78, 5) is 4.35. The number of nitrogens with zero attached hydrogens (tertiary/aromatic N) is 1. The highest BCUT2D eigenvalue weighted by Gasteiger charge is 2.04. The first kappa shape index (κ1) is 20.4. The summed E-state index contributed by atoms with van der Waals surface area (Å²) in [5.74, 6) is 2.72. The molecule has 0 amide bonds. The van der Waals surface area contributed by atoms with Crippen molar-refractivity contribution >= 4 is 5.96 Å². The number of aliphatic imine (C=N–C) groups is 1. The Balaban J connectivity index is 1.73. The van der Waals surface area contributed by atoms with Crippen LogP contribution in [0.2, 0.25) is 0 Å². The number of guanidine groups is 1. The Morgan fingerprint density at radius 1 is 1.00 bits per heavy atom. The van der Waals surface area contributed by atoms with Gasteiger partial charge in [-0.2, -0.15) is 0 Å². The number of benzene rings is 2. The zero-order chi connectivity index (χ0) is 19.6. The number of nitrogens with two attached hydrogens (primary N) is 1. The third kappa shape index (κ3) is 6.73. The van der Waals surface area contributed by atoms with Crippen LogP contribution in [-0.4, -0.2) is 39.9 Å². The minimum absolute atomic E-state index is 0.416. The van der Waals surface area contributed by atoms with Crippen molar-refractivity contribution in [3.8, 4) is 17.2 Å². The lowest BCUT2D eigenvalue weighted by molar-refractivity contribution is 0.322. The Morgan fingerprint density at radius 2 is 1.70 bits per heavy atom. The Bertz CT molecular complexity index is 755. The van der Waals surface area contributed by atoms with E-state index in [1.165, 1.54) is 11.1 Å². The van der Waals surface area contributed by atoms with Crippen molar-refractivity contribution in [1.29, 1.82) is 0 Å². The van der Waals surface area contributed by atoms with Crippen molar-refractivity contribution in [2.45, 2.75) is 20.3 Å². The van der Waals surface area contributed by atoms with Crippen molar-refractivity contribution in [3.63, 3.8) is 0 Å². The smallest absolute Gasteiger partial charge is 0.188 e. The molecule has 6 nitrogen and oxygen atoms in total. The molecule has 0 heterocycles. The molecule has 0 bridgehead atoms. The maximum atomic E-state index is 5.91. The van der Waals surface area contributed by atoms with Crippen molar-refractivity contribution in [2.75, 3.05) is 33.9 Å². The number of nitrogens with one attached hydrogen (secondary N) is 1. The molecule has 0 aliphatic heterocycles. The molecular formula is C21H29N3O3. The van der Waals surface area contributed by atoms with E-state index in [9.17, 15) is 0 Å². The molecule has 0 saturated carbocycles. The van der Waals surface area contributed by atoms with Crippen molar-refractivity contribution in [3.05, 3.63) is 53.1 Å². The molecule has 0 saturated heterocycles. The molecule has 0 aromatic heterocycles. The Kier molecular flexibility index (Phi) is 7.79. The highest BCUT2D eigenvalue weighted by atomic mass is 16.5. The Labute approximate surface area is 161 Å². The SMILES string of the molecule is COc1ccc(CCN=C(N)NCCOc2cc(C)cc(C)c2)cc1OC. The van der Waals surface area contributed by atoms with Gasteiger partial charge in [0, 0.05) is 6.54 Å². The van der Waals surface area contributed by atoms with Crippen LogP contribution in [0, 0.1) is 13.8 Å². The molecule has 3 N–H and O–H groups in total. The fourth-order valence-electron chi connectivity index (χ4n) is 2.76. The molecular weight excluding hydrogens is 342 g/mol. The summed E-state index contributed by atoms with van der Waals surface area (Å²) < 4.78 is 16.3. The molecule has 0 aliphatic rings. The second kappa shape index (κ2) is 10.3. The molecule has 0 fully saturated rings. The molecule has 0 spiro atoms. The van der Waals surface area contributed by atoms with E-state index in [0.717, 1.165) is 23.5 Å². The molecule has 2 aromatic rings. The molecule has 0 aliphatic carbocycles. The number of aryl methyl sites for hydroxylation is 2. The van der Waals surface area contributed by atoms with Gasteiger partial charge in [0.25, 0.3) is 0 Å². The lowest BCUT2D eigenvalue weighted by Crippen LogP contribution is -2.35. The zero-order valence-electron chi connectivity index (χ0n) is 16.5. The standard InChI is InChI=1S/C21H29N3O3/c1-15-11-16(2)13-18(12-15)27-10-9-24-21(22)23-8-7-17-5-6-19(25-3)20(14-17)26-4/h5-6,11-14H,7-10H2,1-4H3,(H3,22,23,24). The molecule has 0 unspecified atom stereocenters. The summed E-state index contributed by atoms with van der Waals surface area (Å²) in [6.07, 6.45) is 0.766. The molecule has 6 heteroatoms. The summed E-state index contributed by atoms with van der Waals surface area (Å²) in [5, 5.41) is 3.07. The minimum Gasteiger partial charge on any atom is -0.493 e. The molecule has 0 radical (unpaired) electrons. The van der Waals surface area contributed by atoms with Gasteiger partial charge in [-0.1, -0.05) is 12.1 Å². The van der Waals surface area contributed by atoms with Gasteiger partial charge in [0.1, 0.15) is 12.4 Å². The minimum atomic E-state index is 0.416. The van der Waals surface area contributed by atoms with E-state index in [1.807, 2.05) is 30.3 Å². The van der Waals surface area contributed by atoms with Crippen molar-refractivity contribution in [1.82, 2.24) is 5.32 Å². The average Bonchev–Trinajstić information content (AvgIpc) is 2.64. The van der Waals surface area contributed by atoms with Crippen LogP contribution in [0.15, 0.2) is 41.4 Å². The summed E-state index contributed by atoms with van der Waals surface area (Å²) in [5.41, 5.74) is 9.40. The maximum absolute atomic E-state index is 5.91. The van der Waals surface area contributed by atoms with Gasteiger partial charge >= 0.3 is 0 Å². The lowest BCUT2D eigenvalue weighted by Gasteiger charge is -2.10. The van der Waals surface area contributed by atoms with Crippen LogP contribution in [-0.2, 0) is 6.42 Å². The number of hydrogen-bond acceptors (Lipinski definition) is 4. The van der Waals surface area contributed by atoms with E-state index in [2.05, 4.69) is 30.2 Å². The second-order valence-electron chi connectivity index (χ2n) is 6.30. The van der Waals surface area contributed by atoms with Gasteiger partial charge in [-0.3, -0.25) is 4.99 Å². The number of methoxy groups -OCH3 is 2. The van der Waals surface area contributed by atoms with Gasteiger partial charge < -0.3 is 25.3 Å². The van der Waals surface area contributed by atoms with Gasteiger partial charge in [-0.05, 0) is 61.2 Å². The van der Waals surface area contributed by atoms with Crippen molar-refractivity contribution < 1.29 is 14.2 Å². The van der Waals surface area contributed by atoms with Crippen LogP contribution in [0.4, 0.5) is 0 Å². The van der Waals surface area contributed by atoms with Crippen molar-refractivity contribution in [2.24, 2.45) is 10.7 Å². The second-order valence-corrected chi connectivity index (χ2v) is 6.30. The Hall–Kier alpha value is -2.89. The van der Waals surface area contributed by atoms with E-state index in [0.29, 0.717) is 31.4 Å². The van der Waals surface area contributed by atoms with Crippen LogP contribution in [0.1, 0.15) is 16.7 Å². The predicted octanol–water partition coefficient (Wildman–Crippen LogP) is 2.85. The lowest BCUT2D eigenvalue weighted by atomic mass is 10.1. The van der Waals surface area contributed by atoms with Gasteiger partial charge in [-0.15, -0.1) is 0 Å². The molecule has 2 aromatic carbocycles. The quantitative estimate of drug-likeness (QED) is 0.403.